The van der Waals surface area contributed by atoms with E-state index in [2.05, 4.69) is 32.8 Å². The molecule has 2 atom stereocenters. The van der Waals surface area contributed by atoms with E-state index in [4.69, 9.17) is 0 Å². The molecular formula is C11H15BrN2. The van der Waals surface area contributed by atoms with Gasteiger partial charge in [0.15, 0.2) is 0 Å². The van der Waals surface area contributed by atoms with Crippen LogP contribution in [0.15, 0.2) is 12.3 Å². The lowest BCUT2D eigenvalue weighted by atomic mass is 10.1. The van der Waals surface area contributed by atoms with Gasteiger partial charge in [-0.2, -0.15) is 0 Å². The van der Waals surface area contributed by atoms with Crippen LogP contribution in [0.4, 0.5) is 0 Å². The van der Waals surface area contributed by atoms with Crippen LogP contribution < -0.4 is 0 Å². The number of hydrogen-bond donors (Lipinski definition) is 0. The maximum absolute atomic E-state index is 4.55. The van der Waals surface area contributed by atoms with E-state index in [1.807, 2.05) is 12.3 Å². The first-order chi connectivity index (χ1) is 6.79. The second-order valence-electron chi connectivity index (χ2n) is 4.15. The maximum Gasteiger partial charge on any atom is 0.131 e. The summed E-state index contributed by atoms with van der Waals surface area (Å²) in [4.78, 5) is 8.92. The highest BCUT2D eigenvalue weighted by Crippen LogP contribution is 2.36. The summed E-state index contributed by atoms with van der Waals surface area (Å²) < 4.78 is 0. The van der Waals surface area contributed by atoms with E-state index >= 15 is 0 Å². The molecule has 0 amide bonds. The Bertz CT molecular complexity index is 314. The van der Waals surface area contributed by atoms with Crippen molar-refractivity contribution in [3.63, 3.8) is 0 Å². The Morgan fingerprint density at radius 3 is 3.00 bits per heavy atom. The normalized spacial score (nSPS) is 26.7. The highest BCUT2D eigenvalue weighted by molar-refractivity contribution is 9.08. The van der Waals surface area contributed by atoms with E-state index in [0.717, 1.165) is 22.8 Å². The van der Waals surface area contributed by atoms with Gasteiger partial charge in [-0.05, 0) is 31.2 Å². The monoisotopic (exact) mass is 254 g/mol. The summed E-state index contributed by atoms with van der Waals surface area (Å²) in [7, 11) is 0. The third kappa shape index (κ3) is 2.14. The van der Waals surface area contributed by atoms with Gasteiger partial charge >= 0.3 is 0 Å². The summed E-state index contributed by atoms with van der Waals surface area (Å²) in [6, 6.07) is 1.97. The fraction of sp³-hybridized carbons (Fsp3) is 0.636. The fourth-order valence-electron chi connectivity index (χ4n) is 2.13. The second-order valence-corrected chi connectivity index (χ2v) is 4.72. The lowest BCUT2D eigenvalue weighted by Crippen LogP contribution is -2.02. The van der Waals surface area contributed by atoms with Crippen molar-refractivity contribution in [3.05, 3.63) is 23.8 Å². The number of halogens is 1. The van der Waals surface area contributed by atoms with Gasteiger partial charge in [0.05, 0.1) is 5.69 Å². The van der Waals surface area contributed by atoms with Crippen LogP contribution in [0.1, 0.15) is 43.6 Å². The fourth-order valence-corrected chi connectivity index (χ4v) is 2.44. The molecule has 1 aliphatic carbocycles. The van der Waals surface area contributed by atoms with Crippen LogP contribution in [-0.2, 0) is 5.33 Å². The van der Waals surface area contributed by atoms with Crippen molar-refractivity contribution in [2.45, 2.75) is 37.4 Å². The lowest BCUT2D eigenvalue weighted by molar-refractivity contribution is 0.584. The lowest BCUT2D eigenvalue weighted by Gasteiger charge is -2.08. The number of hydrogen-bond acceptors (Lipinski definition) is 2. The van der Waals surface area contributed by atoms with Crippen LogP contribution in [0.25, 0.3) is 0 Å². The van der Waals surface area contributed by atoms with Crippen molar-refractivity contribution in [1.29, 1.82) is 0 Å². The van der Waals surface area contributed by atoms with E-state index < -0.39 is 0 Å². The second kappa shape index (κ2) is 4.39. The Hall–Kier alpha value is -0.440. The quantitative estimate of drug-likeness (QED) is 0.758. The molecule has 1 aliphatic rings. The standard InChI is InChI=1S/C11H15BrN2/c1-8-2-3-9(6-8)11-13-5-4-10(7-12)14-11/h4-5,8-9H,2-3,6-7H2,1H3. The van der Waals surface area contributed by atoms with Crippen molar-refractivity contribution in [2.24, 2.45) is 5.92 Å². The number of alkyl halides is 1. The molecule has 0 radical (unpaired) electrons. The molecular weight excluding hydrogens is 240 g/mol. The molecule has 1 aromatic heterocycles. The first-order valence-electron chi connectivity index (χ1n) is 5.17. The molecule has 1 aromatic rings. The van der Waals surface area contributed by atoms with Crippen LogP contribution in [-0.4, -0.2) is 9.97 Å². The van der Waals surface area contributed by atoms with Crippen LogP contribution >= 0.6 is 15.9 Å². The van der Waals surface area contributed by atoms with Crippen molar-refractivity contribution < 1.29 is 0 Å². The van der Waals surface area contributed by atoms with Gasteiger partial charge in [0, 0.05) is 17.4 Å². The van der Waals surface area contributed by atoms with Crippen molar-refractivity contribution in [2.75, 3.05) is 0 Å². The molecule has 0 N–H and O–H groups in total. The SMILES string of the molecule is CC1CCC(c2nccc(CBr)n2)C1. The molecule has 2 nitrogen and oxygen atoms in total. The molecule has 1 saturated carbocycles. The maximum atomic E-state index is 4.55. The summed E-state index contributed by atoms with van der Waals surface area (Å²) in [6.07, 6.45) is 5.72. The highest BCUT2D eigenvalue weighted by atomic mass is 79.9. The highest BCUT2D eigenvalue weighted by Gasteiger charge is 2.24. The third-order valence-electron chi connectivity index (χ3n) is 2.93. The summed E-state index contributed by atoms with van der Waals surface area (Å²) in [5.74, 6) is 2.49. The minimum Gasteiger partial charge on any atom is -0.241 e. The third-order valence-corrected chi connectivity index (χ3v) is 3.50. The molecule has 3 heteroatoms. The van der Waals surface area contributed by atoms with Gasteiger partial charge in [-0.15, -0.1) is 0 Å². The minimum atomic E-state index is 0.601. The number of aromatic nitrogens is 2. The Balaban J connectivity index is 2.15. The first-order valence-corrected chi connectivity index (χ1v) is 6.29. The molecule has 2 unspecified atom stereocenters. The molecule has 0 bridgehead atoms. The molecule has 0 saturated heterocycles. The van der Waals surface area contributed by atoms with Crippen LogP contribution in [0.2, 0.25) is 0 Å². The zero-order valence-corrected chi connectivity index (χ0v) is 10.00. The van der Waals surface area contributed by atoms with Gasteiger partial charge in [0.1, 0.15) is 5.82 Å². The zero-order valence-electron chi connectivity index (χ0n) is 8.41. The average Bonchev–Trinajstić information content (AvgIpc) is 2.65. The summed E-state index contributed by atoms with van der Waals surface area (Å²) in [6.45, 7) is 2.31. The Morgan fingerprint density at radius 1 is 1.50 bits per heavy atom. The van der Waals surface area contributed by atoms with Gasteiger partial charge in [0.25, 0.3) is 0 Å². The van der Waals surface area contributed by atoms with E-state index in [9.17, 15) is 0 Å². The van der Waals surface area contributed by atoms with Gasteiger partial charge in [-0.1, -0.05) is 22.9 Å². The molecule has 76 valence electrons. The van der Waals surface area contributed by atoms with Crippen molar-refractivity contribution >= 4 is 15.9 Å². The smallest absolute Gasteiger partial charge is 0.131 e. The minimum absolute atomic E-state index is 0.601. The van der Waals surface area contributed by atoms with Crippen molar-refractivity contribution in [1.82, 2.24) is 9.97 Å². The van der Waals surface area contributed by atoms with Crippen LogP contribution in [0, 0.1) is 5.92 Å². The van der Waals surface area contributed by atoms with E-state index in [1.54, 1.807) is 0 Å². The summed E-state index contributed by atoms with van der Waals surface area (Å²) in [5.41, 5.74) is 1.09. The van der Waals surface area contributed by atoms with Crippen molar-refractivity contribution in [3.8, 4) is 0 Å². The molecule has 1 heterocycles. The average molecular weight is 255 g/mol. The van der Waals surface area contributed by atoms with Crippen LogP contribution in [0.5, 0.6) is 0 Å². The number of rotatable bonds is 2. The molecule has 2 rings (SSSR count). The Labute approximate surface area is 93.3 Å². The predicted octanol–water partition coefficient (Wildman–Crippen LogP) is 3.28. The van der Waals surface area contributed by atoms with Crippen LogP contribution in [0.3, 0.4) is 0 Å². The summed E-state index contributed by atoms with van der Waals surface area (Å²) in [5, 5.41) is 0.824. The molecule has 14 heavy (non-hydrogen) atoms. The molecule has 0 aromatic carbocycles. The van der Waals surface area contributed by atoms with Gasteiger partial charge in [-0.3, -0.25) is 0 Å². The molecule has 1 fully saturated rings. The molecule has 0 spiro atoms. The van der Waals surface area contributed by atoms with Gasteiger partial charge < -0.3 is 0 Å². The topological polar surface area (TPSA) is 25.8 Å². The number of nitrogens with zero attached hydrogens (tertiary/aromatic N) is 2. The van der Waals surface area contributed by atoms with E-state index in [0.29, 0.717) is 5.92 Å². The van der Waals surface area contributed by atoms with Gasteiger partial charge in [0.2, 0.25) is 0 Å². The molecule has 0 aliphatic heterocycles. The van der Waals surface area contributed by atoms with E-state index in [1.165, 1.54) is 19.3 Å². The van der Waals surface area contributed by atoms with Gasteiger partial charge in [-0.25, -0.2) is 9.97 Å². The zero-order chi connectivity index (χ0) is 9.97. The summed E-state index contributed by atoms with van der Waals surface area (Å²) >= 11 is 3.42. The largest absolute Gasteiger partial charge is 0.241 e. The predicted molar refractivity (Wildman–Crippen MR) is 60.4 cm³/mol. The van der Waals surface area contributed by atoms with E-state index in [-0.39, 0.29) is 0 Å². The first kappa shape index (κ1) is 10.1. The Kier molecular flexibility index (Phi) is 3.16. The Morgan fingerprint density at radius 2 is 2.36 bits per heavy atom.